The van der Waals surface area contributed by atoms with Crippen molar-refractivity contribution in [2.24, 2.45) is 0 Å². The molecule has 0 bridgehead atoms. The van der Waals surface area contributed by atoms with Gasteiger partial charge in [0.1, 0.15) is 5.82 Å². The van der Waals surface area contributed by atoms with Crippen LogP contribution in [0.15, 0.2) is 41.0 Å². The van der Waals surface area contributed by atoms with Gasteiger partial charge in [-0.25, -0.2) is 9.37 Å². The van der Waals surface area contributed by atoms with Gasteiger partial charge in [-0.05, 0) is 30.2 Å². The van der Waals surface area contributed by atoms with Crippen molar-refractivity contribution in [2.75, 3.05) is 7.11 Å². The van der Waals surface area contributed by atoms with E-state index in [0.29, 0.717) is 12.4 Å². The topological polar surface area (TPSA) is 34.1 Å². The number of methoxy groups -OCH3 is 1. The summed E-state index contributed by atoms with van der Waals surface area (Å²) in [5, 5.41) is 3.38. The Kier molecular flexibility index (Phi) is 5.09. The quantitative estimate of drug-likeness (QED) is 0.899. The molecule has 0 aliphatic heterocycles. The van der Waals surface area contributed by atoms with Crippen LogP contribution < -0.4 is 10.1 Å². The van der Waals surface area contributed by atoms with Crippen LogP contribution in [-0.2, 0) is 6.54 Å². The van der Waals surface area contributed by atoms with Crippen molar-refractivity contribution < 1.29 is 9.13 Å². The number of nitrogens with one attached hydrogen (secondary N) is 1. The van der Waals surface area contributed by atoms with Crippen LogP contribution in [0.1, 0.15) is 24.1 Å². The fourth-order valence-electron chi connectivity index (χ4n) is 1.87. The average molecular weight is 339 g/mol. The van der Waals surface area contributed by atoms with E-state index in [0.717, 1.165) is 15.6 Å². The second-order valence-electron chi connectivity index (χ2n) is 4.48. The molecule has 1 aromatic carbocycles. The molecule has 1 N–H and O–H groups in total. The van der Waals surface area contributed by atoms with Gasteiger partial charge in [0, 0.05) is 29.3 Å². The predicted molar refractivity (Wildman–Crippen MR) is 80.1 cm³/mol. The van der Waals surface area contributed by atoms with Crippen molar-refractivity contribution in [1.82, 2.24) is 10.3 Å². The number of halogens is 2. The summed E-state index contributed by atoms with van der Waals surface area (Å²) in [6.07, 6.45) is 1.78. The summed E-state index contributed by atoms with van der Waals surface area (Å²) in [6.45, 7) is 2.72. The third kappa shape index (κ3) is 3.77. The number of rotatable bonds is 5. The van der Waals surface area contributed by atoms with Gasteiger partial charge < -0.3 is 10.1 Å². The predicted octanol–water partition coefficient (Wildman–Crippen LogP) is 3.84. The summed E-state index contributed by atoms with van der Waals surface area (Å²) in [4.78, 5) is 4.16. The van der Waals surface area contributed by atoms with Gasteiger partial charge in [0.05, 0.1) is 7.11 Å². The maximum atomic E-state index is 13.1. The van der Waals surface area contributed by atoms with Gasteiger partial charge in [-0.3, -0.25) is 0 Å². The number of aromatic nitrogens is 1. The second kappa shape index (κ2) is 6.81. The first-order chi connectivity index (χ1) is 9.60. The molecular weight excluding hydrogens is 323 g/mol. The molecular formula is C15H16BrFN2O. The van der Waals surface area contributed by atoms with Gasteiger partial charge in [0.2, 0.25) is 5.88 Å². The Morgan fingerprint density at radius 1 is 1.35 bits per heavy atom. The van der Waals surface area contributed by atoms with E-state index in [2.05, 4.69) is 26.2 Å². The van der Waals surface area contributed by atoms with E-state index in [4.69, 9.17) is 4.74 Å². The van der Waals surface area contributed by atoms with E-state index in [1.54, 1.807) is 19.4 Å². The van der Waals surface area contributed by atoms with Crippen molar-refractivity contribution in [1.29, 1.82) is 0 Å². The van der Waals surface area contributed by atoms with Crippen LogP contribution in [0.3, 0.4) is 0 Å². The third-order valence-corrected chi connectivity index (χ3v) is 3.73. The molecule has 1 atom stereocenters. The highest BCUT2D eigenvalue weighted by Crippen LogP contribution is 2.24. The fourth-order valence-corrected chi connectivity index (χ4v) is 2.56. The summed E-state index contributed by atoms with van der Waals surface area (Å²) in [6, 6.07) is 8.62. The fraction of sp³-hybridized carbons (Fsp3) is 0.267. The number of nitrogens with zero attached hydrogens (tertiary/aromatic N) is 1. The van der Waals surface area contributed by atoms with Gasteiger partial charge >= 0.3 is 0 Å². The number of benzene rings is 1. The lowest BCUT2D eigenvalue weighted by Crippen LogP contribution is -2.18. The molecule has 0 radical (unpaired) electrons. The van der Waals surface area contributed by atoms with Crippen LogP contribution in [0.2, 0.25) is 0 Å². The molecule has 3 nitrogen and oxygen atoms in total. The summed E-state index contributed by atoms with van der Waals surface area (Å²) >= 11 is 3.38. The number of hydrogen-bond donors (Lipinski definition) is 1. The lowest BCUT2D eigenvalue weighted by atomic mass is 10.1. The van der Waals surface area contributed by atoms with Gasteiger partial charge in [0.15, 0.2) is 0 Å². The molecule has 1 aromatic heterocycles. The molecule has 0 saturated carbocycles. The van der Waals surface area contributed by atoms with E-state index in [-0.39, 0.29) is 11.9 Å². The first-order valence-corrected chi connectivity index (χ1v) is 7.06. The molecule has 0 saturated heterocycles. The Bertz CT molecular complexity index is 575. The first-order valence-electron chi connectivity index (χ1n) is 6.27. The molecule has 1 heterocycles. The van der Waals surface area contributed by atoms with E-state index in [1.165, 1.54) is 12.1 Å². The maximum absolute atomic E-state index is 13.1. The van der Waals surface area contributed by atoms with Gasteiger partial charge in [0.25, 0.3) is 0 Å². The van der Waals surface area contributed by atoms with Gasteiger partial charge in [-0.15, -0.1) is 0 Å². The zero-order valence-electron chi connectivity index (χ0n) is 11.4. The highest BCUT2D eigenvalue weighted by molar-refractivity contribution is 9.10. The molecule has 106 valence electrons. The second-order valence-corrected chi connectivity index (χ2v) is 5.33. The molecule has 0 spiro atoms. The minimum atomic E-state index is -0.243. The van der Waals surface area contributed by atoms with Crippen molar-refractivity contribution in [3.63, 3.8) is 0 Å². The van der Waals surface area contributed by atoms with Gasteiger partial charge in [-0.2, -0.15) is 0 Å². The van der Waals surface area contributed by atoms with Crippen LogP contribution in [0, 0.1) is 5.82 Å². The lowest BCUT2D eigenvalue weighted by Gasteiger charge is -2.16. The SMILES string of the molecule is COc1ccc(CNC(C)c2ccc(F)cc2Br)cn1. The van der Waals surface area contributed by atoms with Crippen LogP contribution in [0.4, 0.5) is 4.39 Å². The molecule has 20 heavy (non-hydrogen) atoms. The number of ether oxygens (including phenoxy) is 1. The first kappa shape index (κ1) is 14.9. The van der Waals surface area contributed by atoms with Crippen molar-refractivity contribution in [2.45, 2.75) is 19.5 Å². The summed E-state index contributed by atoms with van der Waals surface area (Å²) < 4.78 is 18.8. The Hall–Kier alpha value is -1.46. The Morgan fingerprint density at radius 3 is 2.75 bits per heavy atom. The summed E-state index contributed by atoms with van der Waals surface area (Å²) in [5.41, 5.74) is 2.09. The number of hydrogen-bond acceptors (Lipinski definition) is 3. The maximum Gasteiger partial charge on any atom is 0.212 e. The zero-order valence-corrected chi connectivity index (χ0v) is 12.9. The average Bonchev–Trinajstić information content (AvgIpc) is 2.45. The summed E-state index contributed by atoms with van der Waals surface area (Å²) in [7, 11) is 1.59. The third-order valence-electron chi connectivity index (χ3n) is 3.05. The Balaban J connectivity index is 1.98. The molecule has 2 aromatic rings. The van der Waals surface area contributed by atoms with Crippen LogP contribution in [0.5, 0.6) is 5.88 Å². The summed E-state index contributed by atoms with van der Waals surface area (Å²) in [5.74, 6) is 0.357. The molecule has 0 amide bonds. The minimum Gasteiger partial charge on any atom is -0.481 e. The number of pyridine rings is 1. The molecule has 0 aliphatic carbocycles. The van der Waals surface area contributed by atoms with E-state index >= 15 is 0 Å². The Labute approximate surface area is 126 Å². The normalized spacial score (nSPS) is 12.2. The molecule has 5 heteroatoms. The van der Waals surface area contributed by atoms with Crippen molar-refractivity contribution in [3.05, 3.63) is 57.9 Å². The van der Waals surface area contributed by atoms with Crippen LogP contribution in [-0.4, -0.2) is 12.1 Å². The van der Waals surface area contributed by atoms with Crippen molar-refractivity contribution >= 4 is 15.9 Å². The van der Waals surface area contributed by atoms with E-state index < -0.39 is 0 Å². The largest absolute Gasteiger partial charge is 0.481 e. The molecule has 2 rings (SSSR count). The smallest absolute Gasteiger partial charge is 0.212 e. The van der Waals surface area contributed by atoms with E-state index in [1.807, 2.05) is 19.1 Å². The molecule has 0 aliphatic rings. The minimum absolute atomic E-state index is 0.104. The van der Waals surface area contributed by atoms with E-state index in [9.17, 15) is 4.39 Å². The lowest BCUT2D eigenvalue weighted by molar-refractivity contribution is 0.397. The van der Waals surface area contributed by atoms with Crippen LogP contribution in [0.25, 0.3) is 0 Å². The van der Waals surface area contributed by atoms with Crippen LogP contribution >= 0.6 is 15.9 Å². The highest BCUT2D eigenvalue weighted by atomic mass is 79.9. The standard InChI is InChI=1S/C15H16BrFN2O/c1-10(13-5-4-12(17)7-14(13)16)18-8-11-3-6-15(20-2)19-9-11/h3-7,9-10,18H,8H2,1-2H3. The van der Waals surface area contributed by atoms with Crippen molar-refractivity contribution in [3.8, 4) is 5.88 Å². The Morgan fingerprint density at radius 2 is 2.15 bits per heavy atom. The molecule has 0 fully saturated rings. The highest BCUT2D eigenvalue weighted by Gasteiger charge is 2.09. The monoisotopic (exact) mass is 338 g/mol. The zero-order chi connectivity index (χ0) is 14.5. The molecule has 1 unspecified atom stereocenters. The van der Waals surface area contributed by atoms with Gasteiger partial charge in [-0.1, -0.05) is 28.1 Å².